The van der Waals surface area contributed by atoms with Gasteiger partial charge in [0, 0.05) is 6.42 Å². The van der Waals surface area contributed by atoms with Crippen molar-refractivity contribution in [1.82, 2.24) is 0 Å². The lowest BCUT2D eigenvalue weighted by Gasteiger charge is -2.07. The summed E-state index contributed by atoms with van der Waals surface area (Å²) in [6, 6.07) is 15.3. The number of ether oxygens (including phenoxy) is 1. The minimum Gasteiger partial charge on any atom is -0.493 e. The van der Waals surface area contributed by atoms with E-state index in [0.29, 0.717) is 12.4 Å². The number of hydrogen-bond acceptors (Lipinski definition) is 2. The number of carbonyl (C=O) groups is 1. The molecule has 0 aliphatic heterocycles. The summed E-state index contributed by atoms with van der Waals surface area (Å²) in [4.78, 5) is 10.8. The summed E-state index contributed by atoms with van der Waals surface area (Å²) in [6.07, 6.45) is 3.51. The van der Waals surface area contributed by atoms with Crippen LogP contribution in [-0.4, -0.2) is 17.7 Å². The number of rotatable bonds is 6. The first-order valence-electron chi connectivity index (χ1n) is 7.27. The molecule has 0 saturated heterocycles. The molecule has 0 radical (unpaired) electrons. The molecule has 3 heteroatoms. The van der Waals surface area contributed by atoms with E-state index in [4.69, 9.17) is 9.84 Å². The van der Waals surface area contributed by atoms with Gasteiger partial charge >= 0.3 is 5.97 Å². The zero-order valence-corrected chi connectivity index (χ0v) is 11.8. The highest BCUT2D eigenvalue weighted by atomic mass is 16.5. The Morgan fingerprint density at radius 2 is 1.71 bits per heavy atom. The lowest BCUT2D eigenvalue weighted by atomic mass is 10.1. The maximum Gasteiger partial charge on any atom is 0.335 e. The van der Waals surface area contributed by atoms with Crippen LogP contribution >= 0.6 is 0 Å². The molecule has 2 aromatic rings. The predicted octanol–water partition coefficient (Wildman–Crippen LogP) is 3.88. The zero-order chi connectivity index (χ0) is 14.7. The fourth-order valence-electron chi connectivity index (χ4n) is 2.35. The molecule has 0 amide bonds. The first-order chi connectivity index (χ1) is 10.2. The van der Waals surface area contributed by atoms with Gasteiger partial charge in [-0.1, -0.05) is 24.3 Å². The van der Waals surface area contributed by atoms with Crippen LogP contribution in [0.15, 0.2) is 48.5 Å². The van der Waals surface area contributed by atoms with Crippen molar-refractivity contribution in [1.29, 1.82) is 0 Å². The van der Waals surface area contributed by atoms with Gasteiger partial charge in [0.05, 0.1) is 12.2 Å². The number of aromatic carboxylic acids is 1. The standard InChI is InChI=1S/C18H18O3/c19-18(20)16-7-9-17(10-8-16)21-12-11-13-1-3-14(4-2-13)15-5-6-15/h1-4,7-10,15H,5-6,11-12H2,(H,19,20). The van der Waals surface area contributed by atoms with E-state index in [9.17, 15) is 4.79 Å². The normalized spacial score (nSPS) is 13.9. The summed E-state index contributed by atoms with van der Waals surface area (Å²) in [5.74, 6) is 0.579. The Balaban J connectivity index is 1.49. The minimum absolute atomic E-state index is 0.276. The van der Waals surface area contributed by atoms with E-state index in [1.165, 1.54) is 24.0 Å². The molecule has 0 atom stereocenters. The Hall–Kier alpha value is -2.29. The third kappa shape index (κ3) is 3.63. The van der Waals surface area contributed by atoms with Crippen molar-refractivity contribution in [3.05, 3.63) is 65.2 Å². The van der Waals surface area contributed by atoms with Crippen molar-refractivity contribution in [3.8, 4) is 5.75 Å². The largest absolute Gasteiger partial charge is 0.493 e. The average Bonchev–Trinajstić information content (AvgIpc) is 3.33. The van der Waals surface area contributed by atoms with Crippen molar-refractivity contribution < 1.29 is 14.6 Å². The van der Waals surface area contributed by atoms with Crippen LogP contribution in [0.5, 0.6) is 5.75 Å². The fraction of sp³-hybridized carbons (Fsp3) is 0.278. The van der Waals surface area contributed by atoms with E-state index in [-0.39, 0.29) is 5.56 Å². The Kier molecular flexibility index (Phi) is 3.91. The van der Waals surface area contributed by atoms with Crippen LogP contribution in [0.2, 0.25) is 0 Å². The monoisotopic (exact) mass is 282 g/mol. The Morgan fingerprint density at radius 1 is 1.05 bits per heavy atom. The van der Waals surface area contributed by atoms with E-state index in [1.807, 2.05) is 0 Å². The molecule has 1 saturated carbocycles. The van der Waals surface area contributed by atoms with Gasteiger partial charge in [0.1, 0.15) is 5.75 Å². The van der Waals surface area contributed by atoms with E-state index in [1.54, 1.807) is 24.3 Å². The van der Waals surface area contributed by atoms with E-state index in [0.717, 1.165) is 12.3 Å². The zero-order valence-electron chi connectivity index (χ0n) is 11.8. The molecule has 0 unspecified atom stereocenters. The summed E-state index contributed by atoms with van der Waals surface area (Å²) in [5, 5.41) is 8.83. The number of hydrogen-bond donors (Lipinski definition) is 1. The van der Waals surface area contributed by atoms with E-state index < -0.39 is 5.97 Å². The molecule has 0 bridgehead atoms. The third-order valence-electron chi connectivity index (χ3n) is 3.79. The highest BCUT2D eigenvalue weighted by Crippen LogP contribution is 2.39. The molecule has 21 heavy (non-hydrogen) atoms. The van der Waals surface area contributed by atoms with Gasteiger partial charge in [0.2, 0.25) is 0 Å². The highest BCUT2D eigenvalue weighted by molar-refractivity contribution is 5.87. The summed E-state index contributed by atoms with van der Waals surface area (Å²) < 4.78 is 5.64. The van der Waals surface area contributed by atoms with Gasteiger partial charge in [-0.2, -0.15) is 0 Å². The van der Waals surface area contributed by atoms with Crippen molar-refractivity contribution in [2.75, 3.05) is 6.61 Å². The van der Waals surface area contributed by atoms with Gasteiger partial charge in [-0.05, 0) is 54.2 Å². The molecule has 2 aromatic carbocycles. The van der Waals surface area contributed by atoms with Gasteiger partial charge in [-0.3, -0.25) is 0 Å². The van der Waals surface area contributed by atoms with Crippen molar-refractivity contribution in [2.24, 2.45) is 0 Å². The quantitative estimate of drug-likeness (QED) is 0.874. The van der Waals surface area contributed by atoms with Crippen LogP contribution in [0.4, 0.5) is 0 Å². The van der Waals surface area contributed by atoms with Crippen molar-refractivity contribution >= 4 is 5.97 Å². The van der Waals surface area contributed by atoms with Gasteiger partial charge < -0.3 is 9.84 Å². The molecule has 108 valence electrons. The van der Waals surface area contributed by atoms with Crippen LogP contribution in [0.1, 0.15) is 40.2 Å². The van der Waals surface area contributed by atoms with Gasteiger partial charge in [0.25, 0.3) is 0 Å². The third-order valence-corrected chi connectivity index (χ3v) is 3.79. The highest BCUT2D eigenvalue weighted by Gasteiger charge is 2.22. The summed E-state index contributed by atoms with van der Waals surface area (Å²) in [6.45, 7) is 0.592. The second-order valence-corrected chi connectivity index (χ2v) is 5.44. The molecular weight excluding hydrogens is 264 g/mol. The number of benzene rings is 2. The predicted molar refractivity (Wildman–Crippen MR) is 81.0 cm³/mol. The Labute approximate surface area is 124 Å². The first kappa shape index (κ1) is 13.7. The van der Waals surface area contributed by atoms with Crippen LogP contribution in [0.25, 0.3) is 0 Å². The van der Waals surface area contributed by atoms with Crippen LogP contribution in [-0.2, 0) is 6.42 Å². The van der Waals surface area contributed by atoms with Crippen molar-refractivity contribution in [2.45, 2.75) is 25.2 Å². The van der Waals surface area contributed by atoms with Crippen LogP contribution in [0.3, 0.4) is 0 Å². The first-order valence-corrected chi connectivity index (χ1v) is 7.27. The molecule has 1 aliphatic rings. The topological polar surface area (TPSA) is 46.5 Å². The average molecular weight is 282 g/mol. The lowest BCUT2D eigenvalue weighted by Crippen LogP contribution is -2.02. The van der Waals surface area contributed by atoms with Crippen LogP contribution in [0, 0.1) is 0 Å². The summed E-state index contributed by atoms with van der Waals surface area (Å²) in [5.41, 5.74) is 2.99. The van der Waals surface area contributed by atoms with Gasteiger partial charge in [-0.25, -0.2) is 4.79 Å². The smallest absolute Gasteiger partial charge is 0.335 e. The molecule has 0 aromatic heterocycles. The minimum atomic E-state index is -0.919. The van der Waals surface area contributed by atoms with E-state index in [2.05, 4.69) is 24.3 Å². The molecule has 0 heterocycles. The second-order valence-electron chi connectivity index (χ2n) is 5.44. The summed E-state index contributed by atoms with van der Waals surface area (Å²) in [7, 11) is 0. The molecule has 3 nitrogen and oxygen atoms in total. The van der Waals surface area contributed by atoms with Crippen LogP contribution < -0.4 is 4.74 Å². The van der Waals surface area contributed by atoms with E-state index >= 15 is 0 Å². The summed E-state index contributed by atoms with van der Waals surface area (Å²) >= 11 is 0. The second kappa shape index (κ2) is 6.00. The maximum atomic E-state index is 10.8. The SMILES string of the molecule is O=C(O)c1ccc(OCCc2ccc(C3CC3)cc2)cc1. The molecule has 0 spiro atoms. The molecular formula is C18H18O3. The molecule has 3 rings (SSSR count). The van der Waals surface area contributed by atoms with Crippen molar-refractivity contribution in [3.63, 3.8) is 0 Å². The molecule has 1 N–H and O–H groups in total. The number of carboxylic acid groups (broad SMARTS) is 1. The van der Waals surface area contributed by atoms with Gasteiger partial charge in [-0.15, -0.1) is 0 Å². The Morgan fingerprint density at radius 3 is 2.29 bits per heavy atom. The van der Waals surface area contributed by atoms with Gasteiger partial charge in [0.15, 0.2) is 0 Å². The number of carboxylic acids is 1. The molecule has 1 aliphatic carbocycles. The fourth-order valence-corrected chi connectivity index (χ4v) is 2.35. The Bertz CT molecular complexity index is 610. The lowest BCUT2D eigenvalue weighted by molar-refractivity contribution is 0.0697. The molecule has 1 fully saturated rings. The maximum absolute atomic E-state index is 10.8.